The van der Waals surface area contributed by atoms with Crippen molar-refractivity contribution in [2.75, 3.05) is 0 Å². The number of hydrazine groups is 1. The molecule has 4 heteroatoms. The van der Waals surface area contributed by atoms with Crippen molar-refractivity contribution >= 4 is 17.9 Å². The van der Waals surface area contributed by atoms with Gasteiger partial charge in [0.05, 0.1) is 0 Å². The summed E-state index contributed by atoms with van der Waals surface area (Å²) in [6.07, 6.45) is 2.94. The first-order valence-electron chi connectivity index (χ1n) is 5.91. The Morgan fingerprint density at radius 3 is 2.65 bits per heavy atom. The average molecular weight is 253 g/mol. The highest BCUT2D eigenvalue weighted by Gasteiger charge is 2.31. The van der Waals surface area contributed by atoms with Crippen LogP contribution in [0.1, 0.15) is 18.9 Å². The van der Waals surface area contributed by atoms with Crippen LogP contribution >= 0.6 is 11.6 Å². The standard InChI is InChI=1S/C13H17ClN2O/c1-9-12(8-17)13(16-15-9)7-4-10-2-5-11(14)6-3-10/h2-3,5-6,8-9,12-13,15-16H,4,7H2,1H3. The first-order chi connectivity index (χ1) is 8.20. The molecule has 1 aliphatic rings. The van der Waals surface area contributed by atoms with Crippen LogP contribution in [0.4, 0.5) is 0 Å². The van der Waals surface area contributed by atoms with Gasteiger partial charge in [0.1, 0.15) is 6.29 Å². The molecule has 0 aromatic heterocycles. The summed E-state index contributed by atoms with van der Waals surface area (Å²) in [5.41, 5.74) is 7.55. The van der Waals surface area contributed by atoms with Crippen molar-refractivity contribution in [1.82, 2.24) is 10.9 Å². The molecule has 1 aromatic rings. The fourth-order valence-electron chi connectivity index (χ4n) is 2.23. The highest BCUT2D eigenvalue weighted by Crippen LogP contribution is 2.18. The number of nitrogens with one attached hydrogen (secondary N) is 2. The topological polar surface area (TPSA) is 41.1 Å². The Bertz CT molecular complexity index is 380. The van der Waals surface area contributed by atoms with Gasteiger partial charge >= 0.3 is 0 Å². The zero-order valence-corrected chi connectivity index (χ0v) is 10.6. The fourth-order valence-corrected chi connectivity index (χ4v) is 2.36. The lowest BCUT2D eigenvalue weighted by molar-refractivity contribution is -0.111. The Hall–Kier alpha value is -0.900. The van der Waals surface area contributed by atoms with Crippen LogP contribution in [0.15, 0.2) is 24.3 Å². The molecule has 3 unspecified atom stereocenters. The molecule has 0 amide bonds. The number of halogens is 1. The molecule has 1 heterocycles. The first-order valence-corrected chi connectivity index (χ1v) is 6.29. The van der Waals surface area contributed by atoms with Crippen LogP contribution in [0.25, 0.3) is 0 Å². The predicted octanol–water partition coefficient (Wildman–Crippen LogP) is 1.95. The molecule has 0 spiro atoms. The zero-order valence-electron chi connectivity index (χ0n) is 9.82. The summed E-state index contributed by atoms with van der Waals surface area (Å²) in [4.78, 5) is 11.0. The molecule has 1 aliphatic heterocycles. The minimum absolute atomic E-state index is 0.0577. The molecule has 3 nitrogen and oxygen atoms in total. The monoisotopic (exact) mass is 252 g/mol. The van der Waals surface area contributed by atoms with Gasteiger partial charge in [0, 0.05) is 23.0 Å². The second-order valence-corrected chi connectivity index (χ2v) is 5.00. The maximum atomic E-state index is 11.0. The van der Waals surface area contributed by atoms with E-state index in [4.69, 9.17) is 11.6 Å². The predicted molar refractivity (Wildman–Crippen MR) is 68.8 cm³/mol. The van der Waals surface area contributed by atoms with Crippen molar-refractivity contribution in [2.24, 2.45) is 5.92 Å². The van der Waals surface area contributed by atoms with Gasteiger partial charge in [-0.25, -0.2) is 0 Å². The van der Waals surface area contributed by atoms with Gasteiger partial charge in [-0.2, -0.15) is 0 Å². The third kappa shape index (κ3) is 3.06. The molecular weight excluding hydrogens is 236 g/mol. The van der Waals surface area contributed by atoms with Crippen molar-refractivity contribution < 1.29 is 4.79 Å². The molecule has 0 radical (unpaired) electrons. The van der Waals surface area contributed by atoms with Crippen LogP contribution in [0.3, 0.4) is 0 Å². The quantitative estimate of drug-likeness (QED) is 0.805. The second kappa shape index (κ2) is 5.63. The molecule has 1 aromatic carbocycles. The lowest BCUT2D eigenvalue weighted by atomic mass is 9.92. The smallest absolute Gasteiger partial charge is 0.126 e. The molecule has 0 aliphatic carbocycles. The van der Waals surface area contributed by atoms with Crippen LogP contribution in [-0.4, -0.2) is 18.4 Å². The number of rotatable bonds is 4. The maximum Gasteiger partial charge on any atom is 0.126 e. The third-order valence-corrected chi connectivity index (χ3v) is 3.60. The number of carbonyl (C=O) groups excluding carboxylic acids is 1. The normalized spacial score (nSPS) is 28.2. The van der Waals surface area contributed by atoms with Crippen molar-refractivity contribution in [1.29, 1.82) is 0 Å². The van der Waals surface area contributed by atoms with E-state index in [2.05, 4.69) is 10.9 Å². The number of carbonyl (C=O) groups is 1. The van der Waals surface area contributed by atoms with Gasteiger partial charge in [-0.15, -0.1) is 0 Å². The van der Waals surface area contributed by atoms with Crippen LogP contribution in [0.5, 0.6) is 0 Å². The van der Waals surface area contributed by atoms with E-state index in [1.54, 1.807) is 0 Å². The molecular formula is C13H17ClN2O. The van der Waals surface area contributed by atoms with Crippen molar-refractivity contribution in [3.63, 3.8) is 0 Å². The molecule has 1 fully saturated rings. The number of hydrogen-bond donors (Lipinski definition) is 2. The Morgan fingerprint density at radius 2 is 2.00 bits per heavy atom. The van der Waals surface area contributed by atoms with E-state index < -0.39 is 0 Å². The number of hydrogen-bond acceptors (Lipinski definition) is 3. The second-order valence-electron chi connectivity index (χ2n) is 4.56. The van der Waals surface area contributed by atoms with Gasteiger partial charge in [0.15, 0.2) is 0 Å². The maximum absolute atomic E-state index is 11.0. The van der Waals surface area contributed by atoms with Gasteiger partial charge in [-0.05, 0) is 37.5 Å². The summed E-state index contributed by atoms with van der Waals surface area (Å²) in [7, 11) is 0. The van der Waals surface area contributed by atoms with Gasteiger partial charge in [0.2, 0.25) is 0 Å². The van der Waals surface area contributed by atoms with Crippen LogP contribution < -0.4 is 10.9 Å². The van der Waals surface area contributed by atoms with E-state index in [0.717, 1.165) is 24.2 Å². The summed E-state index contributed by atoms with van der Waals surface area (Å²) in [6.45, 7) is 2.02. The zero-order chi connectivity index (χ0) is 12.3. The molecule has 0 bridgehead atoms. The van der Waals surface area contributed by atoms with E-state index in [-0.39, 0.29) is 18.0 Å². The minimum Gasteiger partial charge on any atom is -0.303 e. The molecule has 2 rings (SSSR count). The number of aldehydes is 1. The summed E-state index contributed by atoms with van der Waals surface area (Å²) < 4.78 is 0. The lowest BCUT2D eigenvalue weighted by Gasteiger charge is -2.14. The Balaban J connectivity index is 1.90. The first kappa shape index (κ1) is 12.6. The van der Waals surface area contributed by atoms with Crippen LogP contribution in [0.2, 0.25) is 5.02 Å². The van der Waals surface area contributed by atoms with Gasteiger partial charge in [0.25, 0.3) is 0 Å². The fraction of sp³-hybridized carbons (Fsp3) is 0.462. The van der Waals surface area contributed by atoms with E-state index >= 15 is 0 Å². The summed E-state index contributed by atoms with van der Waals surface area (Å²) in [5, 5.41) is 0.758. The van der Waals surface area contributed by atoms with Gasteiger partial charge < -0.3 is 4.79 Å². The van der Waals surface area contributed by atoms with E-state index in [1.165, 1.54) is 5.56 Å². The Morgan fingerprint density at radius 1 is 1.29 bits per heavy atom. The molecule has 3 atom stereocenters. The van der Waals surface area contributed by atoms with Crippen molar-refractivity contribution in [3.05, 3.63) is 34.9 Å². The highest BCUT2D eigenvalue weighted by molar-refractivity contribution is 6.30. The minimum atomic E-state index is 0.0577. The van der Waals surface area contributed by atoms with Crippen LogP contribution in [0, 0.1) is 5.92 Å². The van der Waals surface area contributed by atoms with Crippen LogP contribution in [-0.2, 0) is 11.2 Å². The summed E-state index contributed by atoms with van der Waals surface area (Å²) >= 11 is 5.84. The molecule has 17 heavy (non-hydrogen) atoms. The molecule has 0 saturated carbocycles. The van der Waals surface area contributed by atoms with Gasteiger partial charge in [-0.1, -0.05) is 23.7 Å². The highest BCUT2D eigenvalue weighted by atomic mass is 35.5. The Kier molecular flexibility index (Phi) is 4.15. The number of benzene rings is 1. The Labute approximate surface area is 107 Å². The summed E-state index contributed by atoms with van der Waals surface area (Å²) in [5.74, 6) is 0.0577. The van der Waals surface area contributed by atoms with Crippen molar-refractivity contribution in [2.45, 2.75) is 31.8 Å². The van der Waals surface area contributed by atoms with Gasteiger partial charge in [-0.3, -0.25) is 10.9 Å². The summed E-state index contributed by atoms with van der Waals surface area (Å²) in [6, 6.07) is 8.29. The number of aryl methyl sites for hydroxylation is 1. The third-order valence-electron chi connectivity index (χ3n) is 3.35. The molecule has 92 valence electrons. The van der Waals surface area contributed by atoms with E-state index in [9.17, 15) is 4.79 Å². The largest absolute Gasteiger partial charge is 0.303 e. The SMILES string of the molecule is CC1NNC(CCc2ccc(Cl)cc2)C1C=O. The van der Waals surface area contributed by atoms with E-state index in [1.807, 2.05) is 31.2 Å². The molecule has 2 N–H and O–H groups in total. The van der Waals surface area contributed by atoms with E-state index in [0.29, 0.717) is 0 Å². The molecule has 1 saturated heterocycles. The average Bonchev–Trinajstić information content (AvgIpc) is 2.69. The van der Waals surface area contributed by atoms with Crippen molar-refractivity contribution in [3.8, 4) is 0 Å². The lowest BCUT2D eigenvalue weighted by Crippen LogP contribution is -2.32.